The number of nitrogens with zero attached hydrogens (tertiary/aromatic N) is 2. The molecule has 0 bridgehead atoms. The molecule has 0 aliphatic carbocycles. The van der Waals surface area contributed by atoms with Crippen LogP contribution in [0.15, 0.2) is 29.6 Å². The lowest BCUT2D eigenvalue weighted by Gasteiger charge is -2.15. The van der Waals surface area contributed by atoms with E-state index in [1.165, 1.54) is 22.5 Å². The number of anilines is 1. The molecule has 2 aromatic rings. The van der Waals surface area contributed by atoms with Gasteiger partial charge in [0.15, 0.2) is 5.13 Å². The van der Waals surface area contributed by atoms with E-state index in [1.807, 2.05) is 5.38 Å². The zero-order chi connectivity index (χ0) is 12.3. The van der Waals surface area contributed by atoms with E-state index in [0.717, 1.165) is 18.8 Å². The highest BCUT2D eigenvalue weighted by molar-refractivity contribution is 7.13. The molecule has 0 unspecified atom stereocenters. The Morgan fingerprint density at radius 2 is 1.94 bits per heavy atom. The molecule has 0 atom stereocenters. The monoisotopic (exact) mass is 247 g/mol. The number of nitrogen functional groups attached to an aromatic ring is 1. The molecular weight excluding hydrogens is 230 g/mol. The molecule has 0 amide bonds. The molecule has 0 saturated carbocycles. The third kappa shape index (κ3) is 3.54. The number of aryl methyl sites for hydroxylation is 1. The first-order valence-corrected chi connectivity index (χ1v) is 6.45. The van der Waals surface area contributed by atoms with Crippen molar-refractivity contribution in [3.05, 3.63) is 46.5 Å². The summed E-state index contributed by atoms with van der Waals surface area (Å²) < 4.78 is 0. The third-order valence-corrected chi connectivity index (χ3v) is 3.30. The van der Waals surface area contributed by atoms with Crippen LogP contribution in [0.4, 0.5) is 5.13 Å². The fourth-order valence-corrected chi connectivity index (χ4v) is 2.29. The van der Waals surface area contributed by atoms with Gasteiger partial charge in [0.1, 0.15) is 0 Å². The summed E-state index contributed by atoms with van der Waals surface area (Å²) in [5.41, 5.74) is 9.27. The van der Waals surface area contributed by atoms with Crippen LogP contribution in [0.25, 0.3) is 0 Å². The van der Waals surface area contributed by atoms with Crippen LogP contribution in [0.2, 0.25) is 0 Å². The van der Waals surface area contributed by atoms with E-state index < -0.39 is 0 Å². The maximum atomic E-state index is 5.61. The first-order chi connectivity index (χ1) is 8.13. The molecule has 0 aliphatic heterocycles. The second-order valence-electron chi connectivity index (χ2n) is 4.33. The van der Waals surface area contributed by atoms with Gasteiger partial charge < -0.3 is 5.73 Å². The summed E-state index contributed by atoms with van der Waals surface area (Å²) in [5, 5.41) is 2.66. The Bertz CT molecular complexity index is 476. The molecule has 0 spiro atoms. The van der Waals surface area contributed by atoms with Gasteiger partial charge in [0.25, 0.3) is 0 Å². The van der Waals surface area contributed by atoms with E-state index in [1.54, 1.807) is 0 Å². The molecule has 17 heavy (non-hydrogen) atoms. The van der Waals surface area contributed by atoms with Gasteiger partial charge in [0.2, 0.25) is 0 Å². The standard InChI is InChI=1S/C13H17N3S/c1-10-3-5-11(6-4-10)7-16(2)8-12-9-17-13(14)15-12/h3-6,9H,7-8H2,1-2H3,(H2,14,15). The minimum Gasteiger partial charge on any atom is -0.375 e. The summed E-state index contributed by atoms with van der Waals surface area (Å²) in [6.45, 7) is 3.87. The number of aromatic nitrogens is 1. The Labute approximate surface area is 106 Å². The number of hydrogen-bond acceptors (Lipinski definition) is 4. The second-order valence-corrected chi connectivity index (χ2v) is 5.22. The predicted molar refractivity (Wildman–Crippen MR) is 72.9 cm³/mol. The summed E-state index contributed by atoms with van der Waals surface area (Å²) in [6, 6.07) is 8.62. The maximum Gasteiger partial charge on any atom is 0.180 e. The van der Waals surface area contributed by atoms with Gasteiger partial charge in [-0.15, -0.1) is 11.3 Å². The molecule has 1 aromatic heterocycles. The van der Waals surface area contributed by atoms with Gasteiger partial charge in [0.05, 0.1) is 5.69 Å². The molecule has 0 radical (unpaired) electrons. The van der Waals surface area contributed by atoms with Crippen molar-refractivity contribution in [2.45, 2.75) is 20.0 Å². The summed E-state index contributed by atoms with van der Waals surface area (Å²) in [4.78, 5) is 6.50. The van der Waals surface area contributed by atoms with Crippen molar-refractivity contribution in [2.24, 2.45) is 0 Å². The Morgan fingerprint density at radius 3 is 2.53 bits per heavy atom. The maximum absolute atomic E-state index is 5.61. The Morgan fingerprint density at radius 1 is 1.24 bits per heavy atom. The van der Waals surface area contributed by atoms with Crippen LogP contribution in [0.5, 0.6) is 0 Å². The zero-order valence-corrected chi connectivity index (χ0v) is 11.0. The second kappa shape index (κ2) is 5.29. The van der Waals surface area contributed by atoms with E-state index in [2.05, 4.69) is 48.1 Å². The van der Waals surface area contributed by atoms with Crippen molar-refractivity contribution in [3.8, 4) is 0 Å². The van der Waals surface area contributed by atoms with Gasteiger partial charge in [-0.3, -0.25) is 4.90 Å². The quantitative estimate of drug-likeness (QED) is 0.903. The van der Waals surface area contributed by atoms with Crippen molar-refractivity contribution >= 4 is 16.5 Å². The van der Waals surface area contributed by atoms with Crippen LogP contribution in [-0.2, 0) is 13.1 Å². The molecule has 2 rings (SSSR count). The van der Waals surface area contributed by atoms with Crippen molar-refractivity contribution < 1.29 is 0 Å². The van der Waals surface area contributed by atoms with Crippen LogP contribution in [0, 0.1) is 6.92 Å². The van der Waals surface area contributed by atoms with Crippen LogP contribution < -0.4 is 5.73 Å². The molecule has 2 N–H and O–H groups in total. The molecule has 3 nitrogen and oxygen atoms in total. The predicted octanol–water partition coefficient (Wildman–Crippen LogP) is 2.67. The zero-order valence-electron chi connectivity index (χ0n) is 10.2. The number of thiazole rings is 1. The van der Waals surface area contributed by atoms with E-state index >= 15 is 0 Å². The molecule has 0 saturated heterocycles. The van der Waals surface area contributed by atoms with Gasteiger partial charge >= 0.3 is 0 Å². The Balaban J connectivity index is 1.93. The Kier molecular flexibility index (Phi) is 3.76. The smallest absolute Gasteiger partial charge is 0.180 e. The van der Waals surface area contributed by atoms with Crippen molar-refractivity contribution in [2.75, 3.05) is 12.8 Å². The molecule has 0 fully saturated rings. The van der Waals surface area contributed by atoms with Crippen LogP contribution in [0.1, 0.15) is 16.8 Å². The first kappa shape index (κ1) is 12.1. The van der Waals surface area contributed by atoms with Gasteiger partial charge in [-0.2, -0.15) is 0 Å². The molecule has 4 heteroatoms. The average molecular weight is 247 g/mol. The van der Waals surface area contributed by atoms with Gasteiger partial charge in [-0.25, -0.2) is 4.98 Å². The van der Waals surface area contributed by atoms with Crippen molar-refractivity contribution in [1.29, 1.82) is 0 Å². The van der Waals surface area contributed by atoms with Gasteiger partial charge in [0, 0.05) is 18.5 Å². The minimum atomic E-state index is 0.642. The van der Waals surface area contributed by atoms with Crippen molar-refractivity contribution in [1.82, 2.24) is 9.88 Å². The van der Waals surface area contributed by atoms with E-state index in [9.17, 15) is 0 Å². The lowest BCUT2D eigenvalue weighted by atomic mass is 10.1. The van der Waals surface area contributed by atoms with Crippen LogP contribution in [0.3, 0.4) is 0 Å². The molecule has 1 aromatic carbocycles. The summed E-state index contributed by atoms with van der Waals surface area (Å²) in [6.07, 6.45) is 0. The van der Waals surface area contributed by atoms with Crippen LogP contribution in [-0.4, -0.2) is 16.9 Å². The fraction of sp³-hybridized carbons (Fsp3) is 0.308. The van der Waals surface area contributed by atoms with Crippen molar-refractivity contribution in [3.63, 3.8) is 0 Å². The lowest BCUT2D eigenvalue weighted by Crippen LogP contribution is -2.17. The summed E-state index contributed by atoms with van der Waals surface area (Å²) in [7, 11) is 2.09. The molecule has 0 aliphatic rings. The summed E-state index contributed by atoms with van der Waals surface area (Å²) >= 11 is 1.49. The van der Waals surface area contributed by atoms with Crippen LogP contribution >= 0.6 is 11.3 Å². The minimum absolute atomic E-state index is 0.642. The normalized spacial score (nSPS) is 11.0. The fourth-order valence-electron chi connectivity index (χ4n) is 1.73. The number of nitrogens with two attached hydrogens (primary N) is 1. The van der Waals surface area contributed by atoms with E-state index in [-0.39, 0.29) is 0 Å². The third-order valence-electron chi connectivity index (χ3n) is 2.57. The molecule has 1 heterocycles. The lowest BCUT2D eigenvalue weighted by molar-refractivity contribution is 0.316. The van der Waals surface area contributed by atoms with E-state index in [4.69, 9.17) is 5.73 Å². The highest BCUT2D eigenvalue weighted by Gasteiger charge is 2.04. The SMILES string of the molecule is Cc1ccc(CN(C)Cc2csc(N)n2)cc1. The number of hydrogen-bond donors (Lipinski definition) is 1. The number of benzene rings is 1. The first-order valence-electron chi connectivity index (χ1n) is 5.57. The number of rotatable bonds is 4. The van der Waals surface area contributed by atoms with Gasteiger partial charge in [-0.1, -0.05) is 29.8 Å². The Hall–Kier alpha value is -1.39. The highest BCUT2D eigenvalue weighted by Crippen LogP contribution is 2.14. The largest absolute Gasteiger partial charge is 0.375 e. The highest BCUT2D eigenvalue weighted by atomic mass is 32.1. The molecular formula is C13H17N3S. The van der Waals surface area contributed by atoms with E-state index in [0.29, 0.717) is 5.13 Å². The summed E-state index contributed by atoms with van der Waals surface area (Å²) in [5.74, 6) is 0. The topological polar surface area (TPSA) is 42.1 Å². The molecule has 90 valence electrons. The average Bonchev–Trinajstić information content (AvgIpc) is 2.67. The van der Waals surface area contributed by atoms with Gasteiger partial charge in [-0.05, 0) is 19.5 Å².